The Kier molecular flexibility index (Phi) is 8.26. The maximum atomic E-state index is 12.2. The average molecular weight is 390 g/mol. The molecule has 3 heteroatoms. The number of likely N-dealkylation sites (tertiary alicyclic amines) is 1. The van der Waals surface area contributed by atoms with Gasteiger partial charge in [0.25, 0.3) is 0 Å². The maximum absolute atomic E-state index is 12.2. The number of benzene rings is 2. The molecule has 0 saturated carbocycles. The fraction of sp³-hybridized carbons (Fsp3) is 0.346. The van der Waals surface area contributed by atoms with E-state index in [1.165, 1.54) is 37.9 Å². The molecule has 1 aliphatic rings. The van der Waals surface area contributed by atoms with Crippen molar-refractivity contribution in [2.45, 2.75) is 32.6 Å². The number of rotatable bonds is 9. The third-order valence-corrected chi connectivity index (χ3v) is 5.22. The Bertz CT molecular complexity index is 847. The first kappa shape index (κ1) is 21.1. The van der Waals surface area contributed by atoms with E-state index in [0.717, 1.165) is 29.8 Å². The molecule has 0 N–H and O–H groups in total. The van der Waals surface area contributed by atoms with Crippen molar-refractivity contribution in [3.63, 3.8) is 0 Å². The van der Waals surface area contributed by atoms with Gasteiger partial charge in [0.15, 0.2) is 5.78 Å². The van der Waals surface area contributed by atoms with Crippen molar-refractivity contribution in [2.75, 3.05) is 26.2 Å². The number of hydrogen-bond donors (Lipinski definition) is 0. The van der Waals surface area contributed by atoms with E-state index in [9.17, 15) is 4.79 Å². The van der Waals surface area contributed by atoms with Crippen molar-refractivity contribution in [1.29, 1.82) is 0 Å². The monoisotopic (exact) mass is 389 g/mol. The molecule has 0 bridgehead atoms. The minimum Gasteiger partial charge on any atom is -0.492 e. The lowest BCUT2D eigenvalue weighted by Crippen LogP contribution is -2.33. The molecule has 1 aliphatic heterocycles. The van der Waals surface area contributed by atoms with Crippen molar-refractivity contribution >= 4 is 17.9 Å². The lowest BCUT2D eigenvalue weighted by molar-refractivity contribution is -0.110. The third-order valence-electron chi connectivity index (χ3n) is 5.22. The van der Waals surface area contributed by atoms with Gasteiger partial charge in [-0.15, -0.1) is 0 Å². The molecule has 0 aliphatic carbocycles. The van der Waals surface area contributed by atoms with Gasteiger partial charge in [0.05, 0.1) is 0 Å². The zero-order valence-corrected chi connectivity index (χ0v) is 17.3. The summed E-state index contributed by atoms with van der Waals surface area (Å²) in [5.74, 6) is 0.826. The molecule has 2 aromatic rings. The van der Waals surface area contributed by atoms with Crippen LogP contribution in [0.4, 0.5) is 0 Å². The summed E-state index contributed by atoms with van der Waals surface area (Å²) >= 11 is 0. The highest BCUT2D eigenvalue weighted by molar-refractivity contribution is 6.04. The highest BCUT2D eigenvalue weighted by atomic mass is 16.5. The second-order valence-corrected chi connectivity index (χ2v) is 7.49. The largest absolute Gasteiger partial charge is 0.492 e. The van der Waals surface area contributed by atoms with E-state index in [1.807, 2.05) is 48.6 Å². The highest BCUT2D eigenvalue weighted by Crippen LogP contribution is 2.15. The van der Waals surface area contributed by atoms with Gasteiger partial charge in [-0.05, 0) is 73.3 Å². The van der Waals surface area contributed by atoms with E-state index < -0.39 is 0 Å². The number of allylic oxidation sites excluding steroid dienone is 2. The SMILES string of the molecule is CCc1cccc(C=CC(=O)C=Cc2cccc(OCCN3CCCCC3)c2)c1. The molecule has 3 nitrogen and oxygen atoms in total. The lowest BCUT2D eigenvalue weighted by atomic mass is 10.1. The summed E-state index contributed by atoms with van der Waals surface area (Å²) in [6, 6.07) is 16.1. The van der Waals surface area contributed by atoms with Gasteiger partial charge in [0, 0.05) is 6.54 Å². The average Bonchev–Trinajstić information content (AvgIpc) is 2.77. The molecule has 0 amide bonds. The summed E-state index contributed by atoms with van der Waals surface area (Å²) in [6.45, 7) is 6.17. The number of hydrogen-bond acceptors (Lipinski definition) is 3. The lowest BCUT2D eigenvalue weighted by Gasteiger charge is -2.26. The van der Waals surface area contributed by atoms with Crippen LogP contribution in [0.5, 0.6) is 5.75 Å². The van der Waals surface area contributed by atoms with Gasteiger partial charge in [-0.2, -0.15) is 0 Å². The molecule has 0 spiro atoms. The number of ether oxygens (including phenoxy) is 1. The fourth-order valence-corrected chi connectivity index (χ4v) is 3.51. The number of piperidine rings is 1. The van der Waals surface area contributed by atoms with E-state index >= 15 is 0 Å². The quantitative estimate of drug-likeness (QED) is 0.537. The van der Waals surface area contributed by atoms with Crippen LogP contribution in [0.2, 0.25) is 0 Å². The van der Waals surface area contributed by atoms with Gasteiger partial charge in [-0.1, -0.05) is 61.9 Å². The number of carbonyl (C=O) groups excluding carboxylic acids is 1. The highest BCUT2D eigenvalue weighted by Gasteiger charge is 2.09. The number of carbonyl (C=O) groups is 1. The Balaban J connectivity index is 1.49. The molecule has 0 aromatic heterocycles. The summed E-state index contributed by atoms with van der Waals surface area (Å²) < 4.78 is 5.91. The summed E-state index contributed by atoms with van der Waals surface area (Å²) in [6.07, 6.45) is 11.9. The smallest absolute Gasteiger partial charge is 0.178 e. The van der Waals surface area contributed by atoms with E-state index in [-0.39, 0.29) is 5.78 Å². The number of nitrogens with zero attached hydrogens (tertiary/aromatic N) is 1. The third kappa shape index (κ3) is 7.35. The standard InChI is InChI=1S/C26H31NO2/c1-2-22-8-6-9-23(20-22)12-14-25(28)15-13-24-10-7-11-26(21-24)29-19-18-27-16-4-3-5-17-27/h6-15,20-21H,2-5,16-19H2,1H3. The number of aryl methyl sites for hydroxylation is 1. The van der Waals surface area contributed by atoms with Crippen molar-refractivity contribution < 1.29 is 9.53 Å². The van der Waals surface area contributed by atoms with Gasteiger partial charge < -0.3 is 4.74 Å². The van der Waals surface area contributed by atoms with Crippen LogP contribution in [0, 0.1) is 0 Å². The van der Waals surface area contributed by atoms with Crippen LogP contribution in [0.15, 0.2) is 60.7 Å². The molecular weight excluding hydrogens is 358 g/mol. The Morgan fingerprint density at radius 1 is 0.966 bits per heavy atom. The zero-order valence-electron chi connectivity index (χ0n) is 17.3. The second-order valence-electron chi connectivity index (χ2n) is 7.49. The van der Waals surface area contributed by atoms with Crippen LogP contribution >= 0.6 is 0 Å². The van der Waals surface area contributed by atoms with E-state index in [1.54, 1.807) is 12.2 Å². The first-order valence-corrected chi connectivity index (χ1v) is 10.7. The molecule has 29 heavy (non-hydrogen) atoms. The molecule has 1 heterocycles. The van der Waals surface area contributed by atoms with Crippen molar-refractivity contribution in [3.05, 3.63) is 77.4 Å². The van der Waals surface area contributed by atoms with Gasteiger partial charge in [-0.25, -0.2) is 0 Å². The fourth-order valence-electron chi connectivity index (χ4n) is 3.51. The van der Waals surface area contributed by atoms with Crippen LogP contribution < -0.4 is 4.74 Å². The molecule has 152 valence electrons. The van der Waals surface area contributed by atoms with Crippen LogP contribution in [0.3, 0.4) is 0 Å². The predicted molar refractivity (Wildman–Crippen MR) is 121 cm³/mol. The zero-order chi connectivity index (χ0) is 20.3. The molecule has 3 rings (SSSR count). The summed E-state index contributed by atoms with van der Waals surface area (Å²) in [5, 5.41) is 0. The first-order valence-electron chi connectivity index (χ1n) is 10.7. The maximum Gasteiger partial charge on any atom is 0.178 e. The van der Waals surface area contributed by atoms with Gasteiger partial charge in [0.1, 0.15) is 12.4 Å². The van der Waals surface area contributed by atoms with Crippen LogP contribution in [-0.4, -0.2) is 36.9 Å². The predicted octanol–water partition coefficient (Wildman–Crippen LogP) is 5.41. The van der Waals surface area contributed by atoms with Crippen molar-refractivity contribution in [2.24, 2.45) is 0 Å². The topological polar surface area (TPSA) is 29.5 Å². The molecule has 1 saturated heterocycles. The van der Waals surface area contributed by atoms with Gasteiger partial charge in [-0.3, -0.25) is 9.69 Å². The van der Waals surface area contributed by atoms with E-state index in [0.29, 0.717) is 6.61 Å². The van der Waals surface area contributed by atoms with Crippen molar-refractivity contribution in [3.8, 4) is 5.75 Å². The second kappa shape index (κ2) is 11.4. The molecule has 2 aromatic carbocycles. The van der Waals surface area contributed by atoms with Crippen LogP contribution in [-0.2, 0) is 11.2 Å². The van der Waals surface area contributed by atoms with Gasteiger partial charge in [0.2, 0.25) is 0 Å². The molecule has 1 fully saturated rings. The van der Waals surface area contributed by atoms with Gasteiger partial charge >= 0.3 is 0 Å². The molecule has 0 radical (unpaired) electrons. The summed E-state index contributed by atoms with van der Waals surface area (Å²) in [7, 11) is 0. The minimum absolute atomic E-state index is 0.0247. The Morgan fingerprint density at radius 3 is 2.38 bits per heavy atom. The first-order chi connectivity index (χ1) is 14.2. The Labute approximate surface area is 174 Å². The molecule has 0 atom stereocenters. The normalized spacial score (nSPS) is 15.2. The Hall–Kier alpha value is -2.65. The Morgan fingerprint density at radius 2 is 1.66 bits per heavy atom. The van der Waals surface area contributed by atoms with E-state index in [2.05, 4.69) is 24.0 Å². The molecular formula is C26H31NO2. The summed E-state index contributed by atoms with van der Waals surface area (Å²) in [5.41, 5.74) is 3.29. The molecule has 0 unspecified atom stereocenters. The van der Waals surface area contributed by atoms with E-state index in [4.69, 9.17) is 4.74 Å². The summed E-state index contributed by atoms with van der Waals surface area (Å²) in [4.78, 5) is 14.6. The van der Waals surface area contributed by atoms with Crippen molar-refractivity contribution in [1.82, 2.24) is 4.90 Å². The number of ketones is 1. The van der Waals surface area contributed by atoms with Crippen LogP contribution in [0.1, 0.15) is 42.9 Å². The van der Waals surface area contributed by atoms with Crippen LogP contribution in [0.25, 0.3) is 12.2 Å². The minimum atomic E-state index is -0.0247.